The summed E-state index contributed by atoms with van der Waals surface area (Å²) in [6.07, 6.45) is 0. The van der Waals surface area contributed by atoms with Crippen LogP contribution in [0.25, 0.3) is 0 Å². The molecule has 1 radical (unpaired) electrons. The average molecular weight is 455 g/mol. The Hall–Kier alpha value is -2.93. The van der Waals surface area contributed by atoms with Gasteiger partial charge in [-0.05, 0) is 42.8 Å². The first-order chi connectivity index (χ1) is 15.0. The number of rotatable bonds is 7. The lowest BCUT2D eigenvalue weighted by atomic mass is 9.80. The molecule has 0 unspecified atom stereocenters. The molecular formula is C25H32NO5Si. The van der Waals surface area contributed by atoms with E-state index in [1.807, 2.05) is 24.3 Å². The zero-order valence-electron chi connectivity index (χ0n) is 20.2. The number of carbonyl (C=O) groups is 1. The standard InChI is InChI=1S/C25H32NO5Si/c1-15-22(26(24(15)27)18-12-10-16(28-5)14-20(18)30-7)17-11-13-19(29-6)21(25(2,3)4)23(17)31-32(8)9/h10-14,22H,1H2,2-9H3/t22-/m1/s1. The van der Waals surface area contributed by atoms with Gasteiger partial charge in [0, 0.05) is 22.8 Å². The van der Waals surface area contributed by atoms with E-state index in [0.717, 1.165) is 22.6 Å². The maximum absolute atomic E-state index is 13.0. The van der Waals surface area contributed by atoms with Crippen LogP contribution in [0.3, 0.4) is 0 Å². The van der Waals surface area contributed by atoms with Crippen molar-refractivity contribution in [2.45, 2.75) is 45.3 Å². The van der Waals surface area contributed by atoms with E-state index in [0.29, 0.717) is 22.8 Å². The Morgan fingerprint density at radius 2 is 1.62 bits per heavy atom. The highest BCUT2D eigenvalue weighted by atomic mass is 28.3. The van der Waals surface area contributed by atoms with Gasteiger partial charge in [-0.2, -0.15) is 0 Å². The van der Waals surface area contributed by atoms with Gasteiger partial charge >= 0.3 is 0 Å². The van der Waals surface area contributed by atoms with Crippen molar-refractivity contribution in [1.29, 1.82) is 0 Å². The summed E-state index contributed by atoms with van der Waals surface area (Å²) in [5.74, 6) is 2.60. The third-order valence-corrected chi connectivity index (χ3v) is 6.06. The van der Waals surface area contributed by atoms with Crippen molar-refractivity contribution in [2.24, 2.45) is 0 Å². The molecule has 2 aromatic rings. The number of amides is 1. The van der Waals surface area contributed by atoms with Crippen molar-refractivity contribution in [1.82, 2.24) is 0 Å². The van der Waals surface area contributed by atoms with Crippen LogP contribution in [0.2, 0.25) is 13.1 Å². The van der Waals surface area contributed by atoms with E-state index in [1.54, 1.807) is 32.3 Å². The highest BCUT2D eigenvalue weighted by Gasteiger charge is 2.46. The number of benzene rings is 2. The fourth-order valence-electron chi connectivity index (χ4n) is 4.03. The lowest BCUT2D eigenvalue weighted by molar-refractivity contribution is -0.119. The topological polar surface area (TPSA) is 57.2 Å². The van der Waals surface area contributed by atoms with Gasteiger partial charge in [0.05, 0.1) is 33.1 Å². The molecule has 0 bridgehead atoms. The molecule has 1 heterocycles. The molecule has 0 spiro atoms. The van der Waals surface area contributed by atoms with Crippen molar-refractivity contribution < 1.29 is 23.4 Å². The molecule has 171 valence electrons. The van der Waals surface area contributed by atoms with Gasteiger partial charge in [0.1, 0.15) is 23.0 Å². The molecule has 1 atom stereocenters. The lowest BCUT2D eigenvalue weighted by Crippen LogP contribution is -2.49. The monoisotopic (exact) mass is 454 g/mol. The Morgan fingerprint density at radius 3 is 2.16 bits per heavy atom. The number of anilines is 1. The van der Waals surface area contributed by atoms with E-state index in [4.69, 9.17) is 18.6 Å². The molecule has 6 nitrogen and oxygen atoms in total. The first-order valence-electron chi connectivity index (χ1n) is 10.5. The minimum absolute atomic E-state index is 0.143. The SMILES string of the molecule is C=C1C(=O)N(c2ccc(OC)cc2OC)[C@H]1c1ccc(OC)c(C(C)(C)C)c1O[Si](C)C. The second-order valence-electron chi connectivity index (χ2n) is 8.96. The summed E-state index contributed by atoms with van der Waals surface area (Å²) >= 11 is 0. The summed E-state index contributed by atoms with van der Waals surface area (Å²) in [5.41, 5.74) is 2.82. The predicted molar refractivity (Wildman–Crippen MR) is 129 cm³/mol. The fourth-order valence-corrected chi connectivity index (χ4v) is 4.66. The van der Waals surface area contributed by atoms with Gasteiger partial charge in [-0.3, -0.25) is 9.69 Å². The van der Waals surface area contributed by atoms with Crippen LogP contribution >= 0.6 is 0 Å². The molecule has 0 saturated carbocycles. The Bertz CT molecular complexity index is 1040. The molecule has 1 amide bonds. The Labute approximate surface area is 192 Å². The number of ether oxygens (including phenoxy) is 3. The molecule has 0 aliphatic carbocycles. The zero-order valence-corrected chi connectivity index (χ0v) is 21.2. The van der Waals surface area contributed by atoms with E-state index < -0.39 is 9.04 Å². The van der Waals surface area contributed by atoms with Crippen LogP contribution in [0.5, 0.6) is 23.0 Å². The molecule has 1 aliphatic heterocycles. The predicted octanol–water partition coefficient (Wildman–Crippen LogP) is 5.28. The van der Waals surface area contributed by atoms with Gasteiger partial charge in [-0.25, -0.2) is 0 Å². The third kappa shape index (κ3) is 4.09. The van der Waals surface area contributed by atoms with Crippen molar-refractivity contribution in [2.75, 3.05) is 26.2 Å². The summed E-state index contributed by atoms with van der Waals surface area (Å²) < 4.78 is 23.0. The summed E-state index contributed by atoms with van der Waals surface area (Å²) in [6, 6.07) is 8.96. The molecule has 1 aliphatic rings. The van der Waals surface area contributed by atoms with E-state index in [-0.39, 0.29) is 17.4 Å². The molecule has 0 aromatic heterocycles. The summed E-state index contributed by atoms with van der Waals surface area (Å²) in [5, 5.41) is 0. The molecular weight excluding hydrogens is 422 g/mol. The number of hydrogen-bond acceptors (Lipinski definition) is 5. The molecule has 2 aromatic carbocycles. The van der Waals surface area contributed by atoms with Crippen LogP contribution in [0.1, 0.15) is 37.9 Å². The van der Waals surface area contributed by atoms with Gasteiger partial charge in [-0.1, -0.05) is 27.4 Å². The van der Waals surface area contributed by atoms with Crippen LogP contribution in [0.15, 0.2) is 42.5 Å². The number of carbonyl (C=O) groups excluding carboxylic acids is 1. The van der Waals surface area contributed by atoms with Crippen LogP contribution < -0.4 is 23.5 Å². The summed E-state index contributed by atoms with van der Waals surface area (Å²) in [6.45, 7) is 14.6. The summed E-state index contributed by atoms with van der Waals surface area (Å²) in [4.78, 5) is 14.7. The van der Waals surface area contributed by atoms with Crippen molar-refractivity contribution in [3.63, 3.8) is 0 Å². The van der Waals surface area contributed by atoms with Gasteiger partial charge in [0.25, 0.3) is 14.9 Å². The normalized spacial score (nSPS) is 16.2. The second-order valence-corrected chi connectivity index (χ2v) is 11.0. The molecule has 3 rings (SSSR count). The largest absolute Gasteiger partial charge is 0.542 e. The average Bonchev–Trinajstić information content (AvgIpc) is 2.75. The van der Waals surface area contributed by atoms with Crippen molar-refractivity contribution in [3.8, 4) is 23.0 Å². The number of nitrogens with zero attached hydrogens (tertiary/aromatic N) is 1. The fraction of sp³-hybridized carbons (Fsp3) is 0.400. The first kappa shape index (κ1) is 23.7. The smallest absolute Gasteiger partial charge is 0.274 e. The Morgan fingerprint density at radius 1 is 0.969 bits per heavy atom. The van der Waals surface area contributed by atoms with Crippen LogP contribution in [-0.2, 0) is 10.2 Å². The number of methoxy groups -OCH3 is 3. The van der Waals surface area contributed by atoms with E-state index >= 15 is 0 Å². The van der Waals surface area contributed by atoms with Crippen LogP contribution in [0, 0.1) is 0 Å². The van der Waals surface area contributed by atoms with E-state index in [1.165, 1.54) is 0 Å². The van der Waals surface area contributed by atoms with Gasteiger partial charge in [0.2, 0.25) is 0 Å². The number of hydrogen-bond donors (Lipinski definition) is 0. The molecule has 1 fully saturated rings. The first-order valence-corrected chi connectivity index (χ1v) is 12.9. The summed E-state index contributed by atoms with van der Waals surface area (Å²) in [7, 11) is 3.74. The minimum atomic E-state index is -1.10. The molecule has 0 N–H and O–H groups in total. The second kappa shape index (κ2) is 8.90. The quantitative estimate of drug-likeness (QED) is 0.323. The lowest BCUT2D eigenvalue weighted by Gasteiger charge is -2.44. The molecule has 1 saturated heterocycles. The molecule has 7 heteroatoms. The van der Waals surface area contributed by atoms with E-state index in [2.05, 4.69) is 40.4 Å². The highest BCUT2D eigenvalue weighted by Crippen LogP contribution is 2.52. The van der Waals surface area contributed by atoms with Gasteiger partial charge in [0.15, 0.2) is 0 Å². The zero-order chi connectivity index (χ0) is 23.8. The highest BCUT2D eigenvalue weighted by molar-refractivity contribution is 6.49. The number of β-lactam (4-membered cyclic amide) rings is 1. The Balaban J connectivity index is 2.22. The van der Waals surface area contributed by atoms with Gasteiger partial charge in [-0.15, -0.1) is 0 Å². The van der Waals surface area contributed by atoms with E-state index in [9.17, 15) is 4.79 Å². The third-order valence-electron chi connectivity index (χ3n) is 5.45. The minimum Gasteiger partial charge on any atom is -0.542 e. The molecule has 32 heavy (non-hydrogen) atoms. The maximum Gasteiger partial charge on any atom is 0.274 e. The Kier molecular flexibility index (Phi) is 6.60. The van der Waals surface area contributed by atoms with Crippen molar-refractivity contribution >= 4 is 20.6 Å². The van der Waals surface area contributed by atoms with Crippen molar-refractivity contribution in [3.05, 3.63) is 53.6 Å². The van der Waals surface area contributed by atoms with Gasteiger partial charge < -0.3 is 18.6 Å². The van der Waals surface area contributed by atoms with Crippen LogP contribution in [0.4, 0.5) is 5.69 Å². The maximum atomic E-state index is 13.0. The van der Waals surface area contributed by atoms with Crippen LogP contribution in [-0.4, -0.2) is 36.3 Å².